The van der Waals surface area contributed by atoms with Crippen LogP contribution in [0.5, 0.6) is 0 Å². The van der Waals surface area contributed by atoms with Crippen molar-refractivity contribution in [3.05, 3.63) is 41.6 Å². The molecule has 0 radical (unpaired) electrons. The van der Waals surface area contributed by atoms with E-state index in [1.54, 1.807) is 4.31 Å². The fraction of sp³-hybridized carbons (Fsp3) is 0.500. The number of sulfonamides is 1. The number of hydrogen-bond acceptors (Lipinski definition) is 6. The molecule has 0 saturated carbocycles. The highest BCUT2D eigenvalue weighted by Crippen LogP contribution is 2.21. The summed E-state index contributed by atoms with van der Waals surface area (Å²) in [6, 6.07) is 10.0. The first kappa shape index (κ1) is 20.5. The Morgan fingerprint density at radius 2 is 1.71 bits per heavy atom. The summed E-state index contributed by atoms with van der Waals surface area (Å²) in [5, 5.41) is 3.25. The predicted octanol–water partition coefficient (Wildman–Crippen LogP) is 3.09. The molecule has 152 valence electrons. The number of benzene rings is 1. The van der Waals surface area contributed by atoms with E-state index >= 15 is 0 Å². The van der Waals surface area contributed by atoms with Crippen LogP contribution in [0.25, 0.3) is 0 Å². The molecule has 1 aliphatic rings. The second-order valence-corrected chi connectivity index (χ2v) is 9.33. The highest BCUT2D eigenvalue weighted by atomic mass is 32.2. The smallest absolute Gasteiger partial charge is 0.229 e. The first-order chi connectivity index (χ1) is 13.4. The maximum absolute atomic E-state index is 12.4. The summed E-state index contributed by atoms with van der Waals surface area (Å²) < 4.78 is 26.4. The molecule has 0 bridgehead atoms. The van der Waals surface area contributed by atoms with Crippen LogP contribution >= 0.6 is 0 Å². The number of aryl methyl sites for hydroxylation is 2. The molecular weight excluding hydrogens is 374 g/mol. The van der Waals surface area contributed by atoms with E-state index < -0.39 is 10.0 Å². The number of piperazine rings is 1. The van der Waals surface area contributed by atoms with Gasteiger partial charge in [0.15, 0.2) is 0 Å². The van der Waals surface area contributed by atoms with Gasteiger partial charge in [-0.3, -0.25) is 0 Å². The second kappa shape index (κ2) is 8.87. The van der Waals surface area contributed by atoms with Crippen LogP contribution in [0.15, 0.2) is 30.3 Å². The third-order valence-electron chi connectivity index (χ3n) is 4.86. The molecule has 28 heavy (non-hydrogen) atoms. The first-order valence-electron chi connectivity index (χ1n) is 9.79. The van der Waals surface area contributed by atoms with Gasteiger partial charge in [0.2, 0.25) is 16.0 Å². The lowest BCUT2D eigenvalue weighted by molar-refractivity contribution is 0.383. The molecule has 1 aromatic heterocycles. The van der Waals surface area contributed by atoms with Gasteiger partial charge in [0.25, 0.3) is 0 Å². The minimum Gasteiger partial charge on any atom is -0.354 e. The van der Waals surface area contributed by atoms with E-state index in [1.165, 1.54) is 5.56 Å². The molecule has 1 fully saturated rings. The molecule has 0 amide bonds. The van der Waals surface area contributed by atoms with Crippen LogP contribution in [-0.4, -0.2) is 54.6 Å². The Morgan fingerprint density at radius 1 is 1.04 bits per heavy atom. The lowest BCUT2D eigenvalue weighted by Crippen LogP contribution is -2.49. The molecule has 0 unspecified atom stereocenters. The van der Waals surface area contributed by atoms with Crippen LogP contribution in [0.4, 0.5) is 17.5 Å². The zero-order valence-electron chi connectivity index (χ0n) is 16.9. The van der Waals surface area contributed by atoms with Crippen molar-refractivity contribution in [3.63, 3.8) is 0 Å². The van der Waals surface area contributed by atoms with Crippen LogP contribution in [-0.2, 0) is 10.0 Å². The van der Waals surface area contributed by atoms with E-state index in [0.29, 0.717) is 38.5 Å². The van der Waals surface area contributed by atoms with Gasteiger partial charge < -0.3 is 10.2 Å². The quantitative estimate of drug-likeness (QED) is 0.765. The molecule has 1 saturated heterocycles. The monoisotopic (exact) mass is 403 g/mol. The van der Waals surface area contributed by atoms with Crippen molar-refractivity contribution in [2.75, 3.05) is 42.1 Å². The average molecular weight is 404 g/mol. The Kier molecular flexibility index (Phi) is 6.51. The summed E-state index contributed by atoms with van der Waals surface area (Å²) in [5.74, 6) is 1.62. The minimum absolute atomic E-state index is 0.237. The van der Waals surface area contributed by atoms with Gasteiger partial charge in [-0.05, 0) is 32.4 Å². The number of nitrogens with one attached hydrogen (secondary N) is 1. The summed E-state index contributed by atoms with van der Waals surface area (Å²) in [5.41, 5.74) is 3.01. The molecule has 2 heterocycles. The molecule has 1 aliphatic heterocycles. The minimum atomic E-state index is -3.15. The Labute approximate surface area is 167 Å². The molecule has 7 nitrogen and oxygen atoms in total. The molecule has 0 aliphatic carbocycles. The van der Waals surface area contributed by atoms with E-state index in [1.807, 2.05) is 51.1 Å². The van der Waals surface area contributed by atoms with Gasteiger partial charge in [-0.25, -0.2) is 13.4 Å². The van der Waals surface area contributed by atoms with Crippen LogP contribution in [0, 0.1) is 13.8 Å². The SMILES string of the molecule is CCCCS(=O)(=O)N1CCN(c2cc(C)nc(Nc3ccc(C)cc3)n2)CC1. The molecule has 0 atom stereocenters. The first-order valence-corrected chi connectivity index (χ1v) is 11.4. The normalized spacial score (nSPS) is 15.6. The molecule has 8 heteroatoms. The maximum Gasteiger partial charge on any atom is 0.229 e. The number of rotatable bonds is 7. The van der Waals surface area contributed by atoms with Crippen LogP contribution in [0.2, 0.25) is 0 Å². The van der Waals surface area contributed by atoms with Gasteiger partial charge in [-0.1, -0.05) is 31.0 Å². The third kappa shape index (κ3) is 5.20. The van der Waals surface area contributed by atoms with Crippen molar-refractivity contribution in [3.8, 4) is 0 Å². The molecular formula is C20H29N5O2S. The van der Waals surface area contributed by atoms with Gasteiger partial charge in [-0.15, -0.1) is 0 Å². The summed E-state index contributed by atoms with van der Waals surface area (Å²) in [7, 11) is -3.15. The molecule has 1 aromatic carbocycles. The van der Waals surface area contributed by atoms with Crippen molar-refractivity contribution in [1.82, 2.24) is 14.3 Å². The topological polar surface area (TPSA) is 78.4 Å². The fourth-order valence-corrected chi connectivity index (χ4v) is 4.82. The van der Waals surface area contributed by atoms with Gasteiger partial charge in [0.05, 0.1) is 5.75 Å². The van der Waals surface area contributed by atoms with Crippen LogP contribution in [0.3, 0.4) is 0 Å². The third-order valence-corrected chi connectivity index (χ3v) is 6.82. The standard InChI is InChI=1S/C20H29N5O2S/c1-4-5-14-28(26,27)25-12-10-24(11-13-25)19-15-17(3)21-20(23-19)22-18-8-6-16(2)7-9-18/h6-9,15H,4-5,10-14H2,1-3H3,(H,21,22,23). The molecule has 3 rings (SSSR count). The molecule has 2 aromatic rings. The Hall–Kier alpha value is -2.19. The lowest BCUT2D eigenvalue weighted by atomic mass is 10.2. The van der Waals surface area contributed by atoms with Crippen molar-refractivity contribution < 1.29 is 8.42 Å². The molecule has 0 spiro atoms. The zero-order valence-corrected chi connectivity index (χ0v) is 17.7. The van der Waals surface area contributed by atoms with E-state index in [4.69, 9.17) is 0 Å². The summed E-state index contributed by atoms with van der Waals surface area (Å²) in [6.07, 6.45) is 1.60. The summed E-state index contributed by atoms with van der Waals surface area (Å²) in [4.78, 5) is 11.3. The van der Waals surface area contributed by atoms with E-state index in [9.17, 15) is 8.42 Å². The van der Waals surface area contributed by atoms with Crippen molar-refractivity contribution in [1.29, 1.82) is 0 Å². The highest BCUT2D eigenvalue weighted by Gasteiger charge is 2.27. The largest absolute Gasteiger partial charge is 0.354 e. The highest BCUT2D eigenvalue weighted by molar-refractivity contribution is 7.89. The predicted molar refractivity (Wildman–Crippen MR) is 114 cm³/mol. The van der Waals surface area contributed by atoms with Gasteiger partial charge in [0, 0.05) is 43.6 Å². The zero-order chi connectivity index (χ0) is 20.1. The fourth-order valence-electron chi connectivity index (χ4n) is 3.19. The lowest BCUT2D eigenvalue weighted by Gasteiger charge is -2.34. The maximum atomic E-state index is 12.4. The van der Waals surface area contributed by atoms with E-state index in [0.717, 1.165) is 23.6 Å². The number of anilines is 3. The summed E-state index contributed by atoms with van der Waals surface area (Å²) >= 11 is 0. The molecule has 1 N–H and O–H groups in total. The van der Waals surface area contributed by atoms with E-state index in [2.05, 4.69) is 20.2 Å². The van der Waals surface area contributed by atoms with Crippen LogP contribution in [0.1, 0.15) is 31.0 Å². The van der Waals surface area contributed by atoms with Crippen molar-refractivity contribution >= 4 is 27.5 Å². The summed E-state index contributed by atoms with van der Waals surface area (Å²) in [6.45, 7) is 8.25. The van der Waals surface area contributed by atoms with Crippen molar-refractivity contribution in [2.24, 2.45) is 0 Å². The Bertz CT molecular complexity index is 891. The number of nitrogens with zero attached hydrogens (tertiary/aromatic N) is 4. The van der Waals surface area contributed by atoms with E-state index in [-0.39, 0.29) is 5.75 Å². The van der Waals surface area contributed by atoms with Gasteiger partial charge in [0.1, 0.15) is 5.82 Å². The van der Waals surface area contributed by atoms with Gasteiger partial charge in [-0.2, -0.15) is 9.29 Å². The van der Waals surface area contributed by atoms with Crippen LogP contribution < -0.4 is 10.2 Å². The number of unbranched alkanes of at least 4 members (excludes halogenated alkanes) is 1. The Morgan fingerprint density at radius 3 is 2.36 bits per heavy atom. The second-order valence-electron chi connectivity index (χ2n) is 7.24. The number of hydrogen-bond donors (Lipinski definition) is 1. The van der Waals surface area contributed by atoms with Crippen molar-refractivity contribution in [2.45, 2.75) is 33.6 Å². The average Bonchev–Trinajstić information content (AvgIpc) is 2.68. The van der Waals surface area contributed by atoms with Gasteiger partial charge >= 0.3 is 0 Å². The Balaban J connectivity index is 1.68. The number of aromatic nitrogens is 2.